The maximum Gasteiger partial charge on any atom is 0.242 e. The molecule has 7 heteroatoms. The van der Waals surface area contributed by atoms with Gasteiger partial charge < -0.3 is 14.6 Å². The van der Waals surface area contributed by atoms with Gasteiger partial charge in [-0.3, -0.25) is 4.79 Å². The third kappa shape index (κ3) is 4.62. The van der Waals surface area contributed by atoms with Crippen molar-refractivity contribution in [1.82, 2.24) is 14.8 Å². The normalized spacial score (nSPS) is 14.5. The second-order valence-corrected chi connectivity index (χ2v) is 8.06. The highest BCUT2D eigenvalue weighted by Crippen LogP contribution is 2.36. The molecule has 29 heavy (non-hydrogen) atoms. The van der Waals surface area contributed by atoms with Gasteiger partial charge in [-0.15, -0.1) is 10.2 Å². The summed E-state index contributed by atoms with van der Waals surface area (Å²) in [5, 5.41) is 12.2. The lowest BCUT2D eigenvalue weighted by Crippen LogP contribution is -2.19. The summed E-state index contributed by atoms with van der Waals surface area (Å²) in [6.45, 7) is 0.906. The van der Waals surface area contributed by atoms with Crippen molar-refractivity contribution >= 4 is 23.4 Å². The number of carbonyl (C=O) groups is 1. The summed E-state index contributed by atoms with van der Waals surface area (Å²) >= 11 is 1.46. The SMILES string of the molecule is COc1cccc(NC(=O)C(Sc2nnc3n2CCCCC3)c2ccccc2)c1. The number of aromatic nitrogens is 3. The summed E-state index contributed by atoms with van der Waals surface area (Å²) in [6, 6.07) is 17.2. The van der Waals surface area contributed by atoms with Crippen molar-refractivity contribution in [3.63, 3.8) is 0 Å². The van der Waals surface area contributed by atoms with Gasteiger partial charge in [0.2, 0.25) is 5.91 Å². The van der Waals surface area contributed by atoms with Crippen molar-refractivity contribution in [2.75, 3.05) is 12.4 Å². The molecule has 0 saturated carbocycles. The van der Waals surface area contributed by atoms with Crippen molar-refractivity contribution in [1.29, 1.82) is 0 Å². The van der Waals surface area contributed by atoms with Gasteiger partial charge in [0.15, 0.2) is 5.16 Å². The van der Waals surface area contributed by atoms with Crippen molar-refractivity contribution in [3.05, 3.63) is 66.0 Å². The summed E-state index contributed by atoms with van der Waals surface area (Å²) in [4.78, 5) is 13.2. The molecule has 0 aliphatic carbocycles. The first-order valence-electron chi connectivity index (χ1n) is 9.83. The number of nitrogens with zero attached hydrogens (tertiary/aromatic N) is 3. The Labute approximate surface area is 174 Å². The number of methoxy groups -OCH3 is 1. The molecule has 0 fully saturated rings. The molecular formula is C22H24N4O2S. The average molecular weight is 409 g/mol. The van der Waals surface area contributed by atoms with Crippen molar-refractivity contribution in [3.8, 4) is 5.75 Å². The smallest absolute Gasteiger partial charge is 0.242 e. The molecule has 1 aliphatic rings. The minimum Gasteiger partial charge on any atom is -0.497 e. The van der Waals surface area contributed by atoms with Crippen molar-refractivity contribution in [2.24, 2.45) is 0 Å². The molecule has 1 amide bonds. The van der Waals surface area contributed by atoms with Crippen LogP contribution in [0.1, 0.15) is 35.9 Å². The maximum absolute atomic E-state index is 13.2. The van der Waals surface area contributed by atoms with Crippen LogP contribution in [0.4, 0.5) is 5.69 Å². The van der Waals surface area contributed by atoms with Gasteiger partial charge >= 0.3 is 0 Å². The van der Waals surface area contributed by atoms with E-state index in [0.717, 1.165) is 42.4 Å². The van der Waals surface area contributed by atoms with E-state index < -0.39 is 5.25 Å². The van der Waals surface area contributed by atoms with Gasteiger partial charge in [-0.05, 0) is 30.5 Å². The number of anilines is 1. The third-order valence-corrected chi connectivity index (χ3v) is 6.21. The number of benzene rings is 2. The average Bonchev–Trinajstić information content (AvgIpc) is 2.98. The molecule has 6 nitrogen and oxygen atoms in total. The van der Waals surface area contributed by atoms with E-state index in [1.807, 2.05) is 54.6 Å². The van der Waals surface area contributed by atoms with Gasteiger partial charge in [0.05, 0.1) is 7.11 Å². The number of amides is 1. The fourth-order valence-corrected chi connectivity index (χ4v) is 4.54. The van der Waals surface area contributed by atoms with Crippen LogP contribution in [-0.4, -0.2) is 27.8 Å². The van der Waals surface area contributed by atoms with E-state index in [4.69, 9.17) is 4.74 Å². The van der Waals surface area contributed by atoms with E-state index in [-0.39, 0.29) is 5.91 Å². The Morgan fingerprint density at radius 2 is 1.97 bits per heavy atom. The lowest BCUT2D eigenvalue weighted by molar-refractivity contribution is -0.115. The summed E-state index contributed by atoms with van der Waals surface area (Å²) in [5.74, 6) is 1.62. The van der Waals surface area contributed by atoms with Crippen LogP contribution in [0.15, 0.2) is 59.8 Å². The van der Waals surface area contributed by atoms with Gasteiger partial charge in [-0.1, -0.05) is 54.6 Å². The molecule has 150 valence electrons. The lowest BCUT2D eigenvalue weighted by Gasteiger charge is -2.17. The topological polar surface area (TPSA) is 69.0 Å². The first-order valence-corrected chi connectivity index (χ1v) is 10.7. The standard InChI is InChI=1S/C22H24N4O2S/c1-28-18-12-8-11-17(15-18)23-21(27)20(16-9-4-2-5-10-16)29-22-25-24-19-13-6-3-7-14-26(19)22/h2,4-5,8-12,15,20H,3,6-7,13-14H2,1H3,(H,23,27). The van der Waals surface area contributed by atoms with E-state index in [2.05, 4.69) is 20.1 Å². The van der Waals surface area contributed by atoms with E-state index in [9.17, 15) is 4.79 Å². The number of nitrogens with one attached hydrogen (secondary N) is 1. The molecule has 1 atom stereocenters. The molecule has 1 aliphatic heterocycles. The van der Waals surface area contributed by atoms with Crippen molar-refractivity contribution < 1.29 is 9.53 Å². The molecule has 1 aromatic heterocycles. The van der Waals surface area contributed by atoms with E-state index in [1.54, 1.807) is 7.11 Å². The Morgan fingerprint density at radius 3 is 2.79 bits per heavy atom. The summed E-state index contributed by atoms with van der Waals surface area (Å²) in [5.41, 5.74) is 1.64. The Morgan fingerprint density at radius 1 is 1.10 bits per heavy atom. The maximum atomic E-state index is 13.2. The molecule has 1 N–H and O–H groups in total. The predicted molar refractivity (Wildman–Crippen MR) is 114 cm³/mol. The molecule has 4 rings (SSSR count). The number of hydrogen-bond acceptors (Lipinski definition) is 5. The van der Waals surface area contributed by atoms with Crippen LogP contribution in [0.3, 0.4) is 0 Å². The molecule has 0 spiro atoms. The summed E-state index contributed by atoms with van der Waals surface area (Å²) in [7, 11) is 1.61. The number of ether oxygens (including phenoxy) is 1. The second-order valence-electron chi connectivity index (χ2n) is 6.99. The second kappa shape index (κ2) is 9.13. The minimum absolute atomic E-state index is 0.0968. The Balaban J connectivity index is 1.60. The lowest BCUT2D eigenvalue weighted by atomic mass is 10.1. The molecule has 1 unspecified atom stereocenters. The molecule has 2 heterocycles. The molecular weight excluding hydrogens is 384 g/mol. The highest BCUT2D eigenvalue weighted by atomic mass is 32.2. The molecule has 3 aromatic rings. The molecule has 0 radical (unpaired) electrons. The highest BCUT2D eigenvalue weighted by molar-refractivity contribution is 8.00. The van der Waals surface area contributed by atoms with Gasteiger partial charge in [0.1, 0.15) is 16.8 Å². The van der Waals surface area contributed by atoms with Gasteiger partial charge in [-0.25, -0.2) is 0 Å². The number of rotatable bonds is 6. The van der Waals surface area contributed by atoms with Crippen LogP contribution in [0.5, 0.6) is 5.75 Å². The minimum atomic E-state index is -0.432. The predicted octanol–water partition coefficient (Wildman–Crippen LogP) is 4.49. The van der Waals surface area contributed by atoms with Gasteiger partial charge in [0.25, 0.3) is 0 Å². The number of hydrogen-bond donors (Lipinski definition) is 1. The number of thioether (sulfide) groups is 1. The number of carbonyl (C=O) groups excluding carboxylic acids is 1. The van der Waals surface area contributed by atoms with Crippen LogP contribution >= 0.6 is 11.8 Å². The first-order chi connectivity index (χ1) is 14.2. The number of aryl methyl sites for hydroxylation is 1. The number of fused-ring (bicyclic) bond motifs is 1. The molecule has 0 saturated heterocycles. The molecule has 2 aromatic carbocycles. The van der Waals surface area contributed by atoms with Crippen LogP contribution in [-0.2, 0) is 17.8 Å². The summed E-state index contributed by atoms with van der Waals surface area (Å²) in [6.07, 6.45) is 4.40. The largest absolute Gasteiger partial charge is 0.497 e. The fourth-order valence-electron chi connectivity index (χ4n) is 3.46. The van der Waals surface area contributed by atoms with Crippen molar-refractivity contribution in [2.45, 2.75) is 42.6 Å². The third-order valence-electron chi connectivity index (χ3n) is 4.98. The monoisotopic (exact) mass is 408 g/mol. The Bertz CT molecular complexity index is 974. The quantitative estimate of drug-likeness (QED) is 0.609. The van der Waals surface area contributed by atoms with E-state index in [1.165, 1.54) is 18.2 Å². The van der Waals surface area contributed by atoms with Gasteiger partial charge in [-0.2, -0.15) is 0 Å². The fraction of sp³-hybridized carbons (Fsp3) is 0.318. The van der Waals surface area contributed by atoms with E-state index >= 15 is 0 Å². The van der Waals surface area contributed by atoms with E-state index in [0.29, 0.717) is 11.4 Å². The zero-order valence-corrected chi connectivity index (χ0v) is 17.2. The first kappa shape index (κ1) is 19.5. The van der Waals surface area contributed by atoms with Crippen LogP contribution < -0.4 is 10.1 Å². The highest BCUT2D eigenvalue weighted by Gasteiger charge is 2.26. The zero-order chi connectivity index (χ0) is 20.1. The molecule has 0 bridgehead atoms. The van der Waals surface area contributed by atoms with Gasteiger partial charge in [0, 0.05) is 24.7 Å². The van der Waals surface area contributed by atoms with Crippen LogP contribution in [0.25, 0.3) is 0 Å². The van der Waals surface area contributed by atoms with Crippen LogP contribution in [0, 0.1) is 0 Å². The zero-order valence-electron chi connectivity index (χ0n) is 16.4. The summed E-state index contributed by atoms with van der Waals surface area (Å²) < 4.78 is 7.44. The van der Waals surface area contributed by atoms with Crippen LogP contribution in [0.2, 0.25) is 0 Å². The Kier molecular flexibility index (Phi) is 6.14. The Hall–Kier alpha value is -2.80.